The van der Waals surface area contributed by atoms with Gasteiger partial charge in [-0.25, -0.2) is 4.39 Å². The lowest BCUT2D eigenvalue weighted by molar-refractivity contribution is -0.124. The van der Waals surface area contributed by atoms with E-state index >= 15 is 0 Å². The molecule has 28 heavy (non-hydrogen) atoms. The Balaban J connectivity index is 1.56. The standard InChI is InChI=1S/C22H25FN2O3/c1-15(24-22(27)14-19-9-5-11-28-19)16-7-4-8-18(12-16)25-21(26)13-17-6-2-3-10-20(17)23/h2-4,6-8,10,12,15,19H,5,9,11,13-14H2,1H3,(H,24,27)(H,25,26)/t15-,19+/m0/s1. The Labute approximate surface area is 164 Å². The van der Waals surface area contributed by atoms with Crippen LogP contribution in [0.4, 0.5) is 10.1 Å². The summed E-state index contributed by atoms with van der Waals surface area (Å²) in [5.74, 6) is -0.736. The fourth-order valence-electron chi connectivity index (χ4n) is 3.30. The van der Waals surface area contributed by atoms with Crippen LogP contribution in [-0.2, 0) is 20.7 Å². The van der Waals surface area contributed by atoms with Gasteiger partial charge in [0.1, 0.15) is 5.82 Å². The van der Waals surface area contributed by atoms with Gasteiger partial charge < -0.3 is 15.4 Å². The molecule has 2 amide bonds. The summed E-state index contributed by atoms with van der Waals surface area (Å²) < 4.78 is 19.2. The molecule has 1 heterocycles. The number of amides is 2. The highest BCUT2D eigenvalue weighted by molar-refractivity contribution is 5.92. The number of rotatable bonds is 7. The van der Waals surface area contributed by atoms with Gasteiger partial charge in [0, 0.05) is 12.3 Å². The first-order valence-corrected chi connectivity index (χ1v) is 9.55. The highest BCUT2D eigenvalue weighted by Crippen LogP contribution is 2.20. The fraction of sp³-hybridized carbons (Fsp3) is 0.364. The molecule has 0 unspecified atom stereocenters. The molecule has 0 aromatic heterocycles. The lowest BCUT2D eigenvalue weighted by Crippen LogP contribution is -2.29. The smallest absolute Gasteiger partial charge is 0.228 e. The summed E-state index contributed by atoms with van der Waals surface area (Å²) in [5.41, 5.74) is 1.84. The van der Waals surface area contributed by atoms with Crippen LogP contribution in [0, 0.1) is 5.82 Å². The van der Waals surface area contributed by atoms with E-state index < -0.39 is 5.82 Å². The van der Waals surface area contributed by atoms with Gasteiger partial charge in [-0.15, -0.1) is 0 Å². The Bertz CT molecular complexity index is 834. The predicted molar refractivity (Wildman–Crippen MR) is 105 cm³/mol. The monoisotopic (exact) mass is 384 g/mol. The van der Waals surface area contributed by atoms with Crippen molar-refractivity contribution in [1.82, 2.24) is 5.32 Å². The SMILES string of the molecule is C[C@H](NC(=O)C[C@H]1CCCO1)c1cccc(NC(=O)Cc2ccccc2F)c1. The molecule has 0 aliphatic carbocycles. The summed E-state index contributed by atoms with van der Waals surface area (Å²) in [6.45, 7) is 2.62. The second-order valence-corrected chi connectivity index (χ2v) is 7.07. The van der Waals surface area contributed by atoms with Gasteiger partial charge in [0.25, 0.3) is 0 Å². The maximum Gasteiger partial charge on any atom is 0.228 e. The van der Waals surface area contributed by atoms with Crippen molar-refractivity contribution < 1.29 is 18.7 Å². The van der Waals surface area contributed by atoms with Crippen LogP contribution in [-0.4, -0.2) is 24.5 Å². The zero-order chi connectivity index (χ0) is 19.9. The summed E-state index contributed by atoms with van der Waals surface area (Å²) in [5, 5.41) is 5.76. The van der Waals surface area contributed by atoms with Gasteiger partial charge in [-0.3, -0.25) is 9.59 Å². The molecule has 3 rings (SSSR count). The van der Waals surface area contributed by atoms with Crippen molar-refractivity contribution in [1.29, 1.82) is 0 Å². The van der Waals surface area contributed by atoms with Crippen LogP contribution >= 0.6 is 0 Å². The third kappa shape index (κ3) is 5.63. The Morgan fingerprint density at radius 3 is 2.75 bits per heavy atom. The molecule has 0 spiro atoms. The van der Waals surface area contributed by atoms with Crippen molar-refractivity contribution in [3.63, 3.8) is 0 Å². The van der Waals surface area contributed by atoms with E-state index in [4.69, 9.17) is 4.74 Å². The number of hydrogen-bond donors (Lipinski definition) is 2. The molecule has 2 aromatic rings. The molecule has 1 aliphatic heterocycles. The number of hydrogen-bond acceptors (Lipinski definition) is 3. The summed E-state index contributed by atoms with van der Waals surface area (Å²) in [4.78, 5) is 24.4. The van der Waals surface area contributed by atoms with Crippen LogP contribution in [0.3, 0.4) is 0 Å². The van der Waals surface area contributed by atoms with E-state index in [1.165, 1.54) is 6.07 Å². The first-order valence-electron chi connectivity index (χ1n) is 9.55. The molecular weight excluding hydrogens is 359 g/mol. The predicted octanol–water partition coefficient (Wildman–Crippen LogP) is 3.75. The molecule has 148 valence electrons. The zero-order valence-electron chi connectivity index (χ0n) is 15.9. The lowest BCUT2D eigenvalue weighted by Gasteiger charge is -2.17. The molecule has 1 aliphatic rings. The van der Waals surface area contributed by atoms with Gasteiger partial charge >= 0.3 is 0 Å². The summed E-state index contributed by atoms with van der Waals surface area (Å²) in [7, 11) is 0. The largest absolute Gasteiger partial charge is 0.378 e. The highest BCUT2D eigenvalue weighted by Gasteiger charge is 2.20. The van der Waals surface area contributed by atoms with Crippen molar-refractivity contribution in [2.75, 3.05) is 11.9 Å². The van der Waals surface area contributed by atoms with Crippen molar-refractivity contribution in [3.05, 3.63) is 65.5 Å². The minimum absolute atomic E-state index is 0.0104. The number of anilines is 1. The third-order valence-corrected chi connectivity index (χ3v) is 4.79. The highest BCUT2D eigenvalue weighted by atomic mass is 19.1. The Morgan fingerprint density at radius 1 is 1.18 bits per heavy atom. The van der Waals surface area contributed by atoms with Gasteiger partial charge in [0.15, 0.2) is 0 Å². The third-order valence-electron chi connectivity index (χ3n) is 4.79. The molecule has 6 heteroatoms. The van der Waals surface area contributed by atoms with Gasteiger partial charge in [-0.05, 0) is 49.1 Å². The number of carbonyl (C=O) groups is 2. The second-order valence-electron chi connectivity index (χ2n) is 7.07. The quantitative estimate of drug-likeness (QED) is 0.764. The van der Waals surface area contributed by atoms with Crippen LogP contribution in [0.25, 0.3) is 0 Å². The van der Waals surface area contributed by atoms with Crippen LogP contribution in [0.15, 0.2) is 48.5 Å². The van der Waals surface area contributed by atoms with E-state index in [9.17, 15) is 14.0 Å². The van der Waals surface area contributed by atoms with Gasteiger partial charge in [0.2, 0.25) is 11.8 Å². The minimum atomic E-state index is -0.394. The molecule has 2 aromatic carbocycles. The van der Waals surface area contributed by atoms with Gasteiger partial charge in [0.05, 0.1) is 25.0 Å². The van der Waals surface area contributed by atoms with Crippen molar-refractivity contribution >= 4 is 17.5 Å². The second kappa shape index (κ2) is 9.46. The Morgan fingerprint density at radius 2 is 2.00 bits per heavy atom. The van der Waals surface area contributed by atoms with Crippen LogP contribution < -0.4 is 10.6 Å². The minimum Gasteiger partial charge on any atom is -0.378 e. The first-order chi connectivity index (χ1) is 13.5. The Kier molecular flexibility index (Phi) is 6.76. The average Bonchev–Trinajstić information content (AvgIpc) is 3.16. The molecule has 0 saturated carbocycles. The zero-order valence-corrected chi connectivity index (χ0v) is 15.9. The number of halogens is 1. The topological polar surface area (TPSA) is 67.4 Å². The van der Waals surface area contributed by atoms with E-state index in [1.807, 2.05) is 25.1 Å². The Hall–Kier alpha value is -2.73. The van der Waals surface area contributed by atoms with Crippen LogP contribution in [0.5, 0.6) is 0 Å². The van der Waals surface area contributed by atoms with E-state index in [0.717, 1.165) is 25.0 Å². The molecule has 0 radical (unpaired) electrons. The summed E-state index contributed by atoms with van der Waals surface area (Å²) in [6.07, 6.45) is 2.26. The molecule has 2 N–H and O–H groups in total. The van der Waals surface area contributed by atoms with E-state index in [1.54, 1.807) is 24.3 Å². The molecule has 0 bridgehead atoms. The summed E-state index contributed by atoms with van der Waals surface area (Å²) in [6, 6.07) is 13.3. The van der Waals surface area contributed by atoms with Crippen LogP contribution in [0.2, 0.25) is 0 Å². The van der Waals surface area contributed by atoms with Crippen molar-refractivity contribution in [2.24, 2.45) is 0 Å². The maximum atomic E-state index is 13.7. The van der Waals surface area contributed by atoms with Gasteiger partial charge in [-0.2, -0.15) is 0 Å². The number of ether oxygens (including phenoxy) is 1. The maximum absolute atomic E-state index is 13.7. The number of carbonyl (C=O) groups excluding carboxylic acids is 2. The fourth-order valence-corrected chi connectivity index (χ4v) is 3.30. The van der Waals surface area contributed by atoms with E-state index in [0.29, 0.717) is 17.7 Å². The number of nitrogens with one attached hydrogen (secondary N) is 2. The average molecular weight is 384 g/mol. The van der Waals surface area contributed by atoms with Crippen LogP contribution in [0.1, 0.15) is 43.4 Å². The van der Waals surface area contributed by atoms with Crippen molar-refractivity contribution in [3.8, 4) is 0 Å². The molecule has 1 saturated heterocycles. The van der Waals surface area contributed by atoms with Crippen molar-refractivity contribution in [2.45, 2.75) is 44.8 Å². The normalized spacial score (nSPS) is 17.1. The molecule has 2 atom stereocenters. The first kappa shape index (κ1) is 20.0. The lowest BCUT2D eigenvalue weighted by atomic mass is 10.1. The molecule has 5 nitrogen and oxygen atoms in total. The van der Waals surface area contributed by atoms with E-state index in [2.05, 4.69) is 10.6 Å². The summed E-state index contributed by atoms with van der Waals surface area (Å²) >= 11 is 0. The molecular formula is C22H25FN2O3. The number of benzene rings is 2. The van der Waals surface area contributed by atoms with Gasteiger partial charge in [-0.1, -0.05) is 30.3 Å². The molecule has 1 fully saturated rings. The van der Waals surface area contributed by atoms with E-state index in [-0.39, 0.29) is 30.4 Å².